The van der Waals surface area contributed by atoms with Crippen molar-refractivity contribution in [3.63, 3.8) is 0 Å². The number of carbonyl (C=O) groups is 3. The average molecular weight is 424 g/mol. The maximum Gasteiger partial charge on any atom is 0.241 e. The van der Waals surface area contributed by atoms with Crippen molar-refractivity contribution in [3.8, 4) is 0 Å². The molecule has 0 aliphatic heterocycles. The number of ketones is 3. The molecule has 6 heteroatoms. The van der Waals surface area contributed by atoms with Crippen molar-refractivity contribution in [2.75, 3.05) is 0 Å². The molecule has 0 unspecified atom stereocenters. The number of hydrogen-bond donors (Lipinski definition) is 0. The lowest BCUT2D eigenvalue weighted by Crippen LogP contribution is -2.22. The van der Waals surface area contributed by atoms with Crippen molar-refractivity contribution in [2.45, 2.75) is 6.92 Å². The highest BCUT2D eigenvalue weighted by Gasteiger charge is 2.37. The molecule has 0 spiro atoms. The Balaban J connectivity index is 2.17. The van der Waals surface area contributed by atoms with Crippen molar-refractivity contribution < 1.29 is 18.8 Å². The third-order valence-corrected chi connectivity index (χ3v) is 5.39. The SMILES string of the molecule is Cc1cccc(C(=O)c2coc3c2C(=O)C(=O)C(Br)=C3Br)c1. The first kappa shape index (κ1) is 15.1. The summed E-state index contributed by atoms with van der Waals surface area (Å²) < 4.78 is 5.75. The summed E-state index contributed by atoms with van der Waals surface area (Å²) >= 11 is 6.25. The average Bonchev–Trinajstić information content (AvgIpc) is 2.95. The number of allylic oxidation sites excluding steroid dienone is 1. The first-order valence-corrected chi connectivity index (χ1v) is 7.88. The van der Waals surface area contributed by atoms with Crippen LogP contribution in [0.25, 0.3) is 4.48 Å². The minimum atomic E-state index is -0.755. The van der Waals surface area contributed by atoms with Crippen LogP contribution in [-0.2, 0) is 4.79 Å². The fraction of sp³-hybridized carbons (Fsp3) is 0.0625. The van der Waals surface area contributed by atoms with E-state index in [0.717, 1.165) is 5.56 Å². The third kappa shape index (κ3) is 2.23. The Morgan fingerprint density at radius 2 is 1.82 bits per heavy atom. The van der Waals surface area contributed by atoms with Crippen LogP contribution in [0.4, 0.5) is 0 Å². The molecule has 3 rings (SSSR count). The number of rotatable bonds is 2. The Kier molecular flexibility index (Phi) is 3.74. The van der Waals surface area contributed by atoms with Crippen LogP contribution >= 0.6 is 31.9 Å². The van der Waals surface area contributed by atoms with Gasteiger partial charge in [-0.15, -0.1) is 0 Å². The summed E-state index contributed by atoms with van der Waals surface area (Å²) in [6, 6.07) is 7.00. The van der Waals surface area contributed by atoms with Crippen LogP contribution in [0.3, 0.4) is 0 Å². The van der Waals surface area contributed by atoms with Crippen molar-refractivity contribution >= 4 is 53.7 Å². The predicted octanol–water partition coefficient (Wildman–Crippen LogP) is 4.04. The molecule has 22 heavy (non-hydrogen) atoms. The van der Waals surface area contributed by atoms with E-state index in [9.17, 15) is 14.4 Å². The van der Waals surface area contributed by atoms with Crippen LogP contribution in [0.1, 0.15) is 37.6 Å². The van der Waals surface area contributed by atoms with Gasteiger partial charge >= 0.3 is 0 Å². The second-order valence-electron chi connectivity index (χ2n) is 4.84. The van der Waals surface area contributed by atoms with Crippen molar-refractivity contribution in [1.29, 1.82) is 0 Å². The summed E-state index contributed by atoms with van der Waals surface area (Å²) in [7, 11) is 0. The van der Waals surface area contributed by atoms with Crippen molar-refractivity contribution in [3.05, 3.63) is 63.0 Å². The third-order valence-electron chi connectivity index (χ3n) is 3.34. The zero-order valence-corrected chi connectivity index (χ0v) is 14.4. The first-order chi connectivity index (χ1) is 10.4. The topological polar surface area (TPSA) is 64.3 Å². The largest absolute Gasteiger partial charge is 0.462 e. The normalized spacial score (nSPS) is 14.3. The van der Waals surface area contributed by atoms with Gasteiger partial charge in [-0.2, -0.15) is 0 Å². The van der Waals surface area contributed by atoms with E-state index in [1.807, 2.05) is 13.0 Å². The molecule has 4 nitrogen and oxygen atoms in total. The molecule has 0 N–H and O–H groups in total. The van der Waals surface area contributed by atoms with E-state index in [4.69, 9.17) is 4.42 Å². The van der Waals surface area contributed by atoms with E-state index < -0.39 is 11.6 Å². The predicted molar refractivity (Wildman–Crippen MR) is 87.4 cm³/mol. The van der Waals surface area contributed by atoms with E-state index in [1.165, 1.54) is 6.26 Å². The van der Waals surface area contributed by atoms with E-state index in [0.29, 0.717) is 10.0 Å². The molecule has 0 saturated heterocycles. The molecule has 0 amide bonds. The molecule has 0 bridgehead atoms. The van der Waals surface area contributed by atoms with Crippen LogP contribution in [0, 0.1) is 6.92 Å². The van der Waals surface area contributed by atoms with Gasteiger partial charge in [-0.05, 0) is 44.8 Å². The van der Waals surface area contributed by atoms with E-state index in [-0.39, 0.29) is 27.2 Å². The monoisotopic (exact) mass is 422 g/mol. The maximum atomic E-state index is 12.6. The second kappa shape index (κ2) is 5.44. The number of fused-ring (bicyclic) bond motifs is 1. The highest BCUT2D eigenvalue weighted by atomic mass is 79.9. The van der Waals surface area contributed by atoms with E-state index in [2.05, 4.69) is 31.9 Å². The molecule has 1 aromatic heterocycles. The highest BCUT2D eigenvalue weighted by Crippen LogP contribution is 2.39. The highest BCUT2D eigenvalue weighted by molar-refractivity contribution is 9.16. The van der Waals surface area contributed by atoms with Crippen LogP contribution in [0.5, 0.6) is 0 Å². The standard InChI is InChI=1S/C16H8Br2O4/c1-7-3-2-4-8(5-7)13(19)9-6-22-16-10(9)14(20)15(21)11(17)12(16)18/h2-6H,1H3. The molecular formula is C16H8Br2O4. The number of Topliss-reactive ketones (excluding diaryl/α,β-unsaturated/α-hetero) is 2. The van der Waals surface area contributed by atoms with Crippen LogP contribution in [0.15, 0.2) is 39.4 Å². The lowest BCUT2D eigenvalue weighted by molar-refractivity contribution is -0.111. The van der Waals surface area contributed by atoms with Crippen molar-refractivity contribution in [2.24, 2.45) is 0 Å². The number of furan rings is 1. The van der Waals surface area contributed by atoms with Gasteiger partial charge in [0, 0.05) is 5.56 Å². The van der Waals surface area contributed by atoms with Crippen LogP contribution in [0.2, 0.25) is 0 Å². The molecule has 110 valence electrons. The molecule has 1 heterocycles. The summed E-state index contributed by atoms with van der Waals surface area (Å²) in [5.74, 6) is -1.63. The first-order valence-electron chi connectivity index (χ1n) is 6.29. The summed E-state index contributed by atoms with van der Waals surface area (Å²) in [5.41, 5.74) is 1.46. The molecule has 0 radical (unpaired) electrons. The fourth-order valence-corrected chi connectivity index (χ4v) is 3.10. The zero-order chi connectivity index (χ0) is 16.0. The molecule has 1 aliphatic carbocycles. The Morgan fingerprint density at radius 1 is 1.09 bits per heavy atom. The van der Waals surface area contributed by atoms with Gasteiger partial charge in [-0.25, -0.2) is 0 Å². The van der Waals surface area contributed by atoms with Crippen LogP contribution in [-0.4, -0.2) is 17.3 Å². The van der Waals surface area contributed by atoms with Gasteiger partial charge in [0.25, 0.3) is 0 Å². The maximum absolute atomic E-state index is 12.6. The number of hydrogen-bond acceptors (Lipinski definition) is 4. The quantitative estimate of drug-likeness (QED) is 0.540. The van der Waals surface area contributed by atoms with Gasteiger partial charge in [-0.1, -0.05) is 23.8 Å². The molecule has 2 aromatic rings. The Labute approximate surface area is 142 Å². The van der Waals surface area contributed by atoms with Gasteiger partial charge < -0.3 is 4.42 Å². The number of aryl methyl sites for hydroxylation is 1. The summed E-state index contributed by atoms with van der Waals surface area (Å²) in [4.78, 5) is 36.7. The molecule has 0 atom stereocenters. The van der Waals surface area contributed by atoms with Crippen molar-refractivity contribution in [1.82, 2.24) is 0 Å². The summed E-state index contributed by atoms with van der Waals surface area (Å²) in [5, 5.41) is 0. The fourth-order valence-electron chi connectivity index (χ4n) is 2.27. The van der Waals surface area contributed by atoms with Gasteiger partial charge in [0.2, 0.25) is 11.6 Å². The second-order valence-corrected chi connectivity index (χ2v) is 6.42. The summed E-state index contributed by atoms with van der Waals surface area (Å²) in [6.45, 7) is 1.87. The zero-order valence-electron chi connectivity index (χ0n) is 11.3. The minimum absolute atomic E-state index is 0.00609. The number of halogens is 2. The van der Waals surface area contributed by atoms with E-state index >= 15 is 0 Å². The molecular weight excluding hydrogens is 416 g/mol. The van der Waals surface area contributed by atoms with E-state index in [1.54, 1.807) is 18.2 Å². The molecule has 0 saturated carbocycles. The van der Waals surface area contributed by atoms with Gasteiger partial charge in [-0.3, -0.25) is 14.4 Å². The van der Waals surface area contributed by atoms with Crippen LogP contribution < -0.4 is 0 Å². The van der Waals surface area contributed by atoms with Gasteiger partial charge in [0.05, 0.1) is 20.1 Å². The Hall–Kier alpha value is -1.79. The van der Waals surface area contributed by atoms with Gasteiger partial charge in [0.15, 0.2) is 11.5 Å². The smallest absolute Gasteiger partial charge is 0.241 e. The molecule has 0 fully saturated rings. The lowest BCUT2D eigenvalue weighted by Gasteiger charge is -2.10. The summed E-state index contributed by atoms with van der Waals surface area (Å²) in [6.07, 6.45) is 1.22. The minimum Gasteiger partial charge on any atom is -0.462 e. The number of carbonyl (C=O) groups excluding carboxylic acids is 3. The number of benzene rings is 1. The lowest BCUT2D eigenvalue weighted by atomic mass is 9.93. The molecule has 1 aromatic carbocycles. The molecule has 1 aliphatic rings. The van der Waals surface area contributed by atoms with Gasteiger partial charge in [0.1, 0.15) is 6.26 Å². The Bertz CT molecular complexity index is 874. The Morgan fingerprint density at radius 3 is 2.50 bits per heavy atom.